The zero-order chi connectivity index (χ0) is 12.4. The first-order valence-corrected chi connectivity index (χ1v) is 5.18. The van der Waals surface area contributed by atoms with Crippen LogP contribution in [-0.2, 0) is 0 Å². The highest BCUT2D eigenvalue weighted by Gasteiger charge is 2.14. The lowest BCUT2D eigenvalue weighted by Crippen LogP contribution is -2.14. The van der Waals surface area contributed by atoms with Crippen LogP contribution in [0.1, 0.15) is 16.1 Å². The highest BCUT2D eigenvalue weighted by atomic mass is 35.5. The molecule has 4 N–H and O–H groups in total. The number of carbonyl (C=O) groups excluding carboxylic acids is 1. The number of H-pyrrole nitrogens is 1. The molecule has 2 aromatic heterocycles. The first-order chi connectivity index (χ1) is 8.09. The summed E-state index contributed by atoms with van der Waals surface area (Å²) in [5, 5.41) is 9.39. The van der Waals surface area contributed by atoms with E-state index < -0.39 is 0 Å². The van der Waals surface area contributed by atoms with Gasteiger partial charge in [0.15, 0.2) is 5.82 Å². The molecule has 0 aromatic carbocycles. The normalized spacial score (nSPS) is 10.2. The maximum Gasteiger partial charge on any atom is 0.258 e. The molecule has 6 nitrogen and oxygen atoms in total. The lowest BCUT2D eigenvalue weighted by Gasteiger charge is -2.04. The molecule has 2 rings (SSSR count). The Balaban J connectivity index is 2.23. The Labute approximate surface area is 102 Å². The van der Waals surface area contributed by atoms with Crippen LogP contribution in [0.15, 0.2) is 18.5 Å². The molecule has 0 saturated heterocycles. The zero-order valence-corrected chi connectivity index (χ0v) is 9.75. The summed E-state index contributed by atoms with van der Waals surface area (Å²) in [5.41, 5.74) is 7.14. The summed E-state index contributed by atoms with van der Waals surface area (Å²) in [5.74, 6) is -0.0871. The van der Waals surface area contributed by atoms with Gasteiger partial charge in [0.05, 0.1) is 22.0 Å². The van der Waals surface area contributed by atoms with E-state index in [1.54, 1.807) is 6.92 Å². The Kier molecular flexibility index (Phi) is 2.97. The standard InChI is InChI=1S/C10H10ClN5O/c1-5-8(12)9(16-15-5)14-10(17)6-2-3-13-4-7(6)11/h2-4H,12H2,1H3,(H2,14,15,16,17). The number of amides is 1. The number of rotatable bonds is 2. The number of aryl methyl sites for hydroxylation is 1. The summed E-state index contributed by atoms with van der Waals surface area (Å²) in [4.78, 5) is 15.7. The van der Waals surface area contributed by atoms with Crippen LogP contribution in [-0.4, -0.2) is 21.1 Å². The van der Waals surface area contributed by atoms with Crippen LogP contribution in [0, 0.1) is 6.92 Å². The van der Waals surface area contributed by atoms with Crippen molar-refractivity contribution in [3.8, 4) is 0 Å². The molecule has 2 aromatic rings. The van der Waals surface area contributed by atoms with E-state index in [1.165, 1.54) is 18.5 Å². The summed E-state index contributed by atoms with van der Waals surface area (Å²) in [7, 11) is 0. The van der Waals surface area contributed by atoms with E-state index in [-0.39, 0.29) is 10.9 Å². The molecule has 7 heteroatoms. The van der Waals surface area contributed by atoms with E-state index in [1.807, 2.05) is 0 Å². The third-order valence-corrected chi connectivity index (χ3v) is 2.54. The van der Waals surface area contributed by atoms with Gasteiger partial charge in [-0.2, -0.15) is 5.10 Å². The van der Waals surface area contributed by atoms with Crippen LogP contribution in [0.25, 0.3) is 0 Å². The van der Waals surface area contributed by atoms with Gasteiger partial charge in [0.2, 0.25) is 0 Å². The number of nitrogens with one attached hydrogen (secondary N) is 2. The molecule has 1 amide bonds. The number of halogens is 1. The third-order valence-electron chi connectivity index (χ3n) is 2.24. The Morgan fingerprint density at radius 2 is 2.35 bits per heavy atom. The molecule has 0 fully saturated rings. The average Bonchev–Trinajstić information content (AvgIpc) is 2.61. The average molecular weight is 252 g/mol. The molecule has 0 aliphatic carbocycles. The van der Waals surface area contributed by atoms with E-state index in [2.05, 4.69) is 20.5 Å². The maximum absolute atomic E-state index is 11.9. The monoisotopic (exact) mass is 251 g/mol. The molecular weight excluding hydrogens is 242 g/mol. The Hall–Kier alpha value is -2.08. The van der Waals surface area contributed by atoms with Gasteiger partial charge in [-0.1, -0.05) is 11.6 Å². The van der Waals surface area contributed by atoms with Gasteiger partial charge >= 0.3 is 0 Å². The minimum atomic E-state index is -0.379. The van der Waals surface area contributed by atoms with Crippen molar-refractivity contribution in [3.63, 3.8) is 0 Å². The van der Waals surface area contributed by atoms with Gasteiger partial charge in [-0.05, 0) is 13.0 Å². The van der Waals surface area contributed by atoms with Crippen LogP contribution in [0.3, 0.4) is 0 Å². The molecule has 0 spiro atoms. The smallest absolute Gasteiger partial charge is 0.258 e. The van der Waals surface area contributed by atoms with Crippen molar-refractivity contribution < 1.29 is 4.79 Å². The van der Waals surface area contributed by atoms with Gasteiger partial charge in [0, 0.05) is 12.4 Å². The van der Waals surface area contributed by atoms with Crippen molar-refractivity contribution in [2.75, 3.05) is 11.1 Å². The summed E-state index contributed by atoms with van der Waals surface area (Å²) >= 11 is 5.85. The van der Waals surface area contributed by atoms with Crippen molar-refractivity contribution in [1.82, 2.24) is 15.2 Å². The molecule has 0 radical (unpaired) electrons. The van der Waals surface area contributed by atoms with E-state index in [4.69, 9.17) is 17.3 Å². The first-order valence-electron chi connectivity index (χ1n) is 4.81. The van der Waals surface area contributed by atoms with Crippen LogP contribution in [0.5, 0.6) is 0 Å². The number of nitrogen functional groups attached to an aromatic ring is 1. The Morgan fingerprint density at radius 1 is 1.59 bits per heavy atom. The number of aromatic amines is 1. The molecule has 2 heterocycles. The second kappa shape index (κ2) is 4.42. The van der Waals surface area contributed by atoms with E-state index in [0.717, 1.165) is 0 Å². The maximum atomic E-state index is 11.9. The number of nitrogens with zero attached hydrogens (tertiary/aromatic N) is 2. The van der Waals surface area contributed by atoms with Crippen LogP contribution in [0.4, 0.5) is 11.5 Å². The molecule has 0 aliphatic heterocycles. The van der Waals surface area contributed by atoms with Gasteiger partial charge in [-0.3, -0.25) is 14.9 Å². The SMILES string of the molecule is Cc1[nH]nc(NC(=O)c2ccncc2Cl)c1N. The van der Waals surface area contributed by atoms with Gasteiger partial charge in [-0.15, -0.1) is 0 Å². The van der Waals surface area contributed by atoms with Gasteiger partial charge in [0.25, 0.3) is 5.91 Å². The molecule has 0 saturated carbocycles. The molecule has 0 unspecified atom stereocenters. The number of anilines is 2. The number of nitrogens with two attached hydrogens (primary N) is 1. The van der Waals surface area contributed by atoms with Gasteiger partial charge in [-0.25, -0.2) is 0 Å². The van der Waals surface area contributed by atoms with Crippen molar-refractivity contribution >= 4 is 29.0 Å². The van der Waals surface area contributed by atoms with E-state index >= 15 is 0 Å². The summed E-state index contributed by atoms with van der Waals surface area (Å²) < 4.78 is 0. The summed E-state index contributed by atoms with van der Waals surface area (Å²) in [6.45, 7) is 1.76. The molecule has 0 bridgehead atoms. The summed E-state index contributed by atoms with van der Waals surface area (Å²) in [6, 6.07) is 1.52. The number of carbonyl (C=O) groups is 1. The van der Waals surface area contributed by atoms with Crippen LogP contribution in [0.2, 0.25) is 5.02 Å². The number of aromatic nitrogens is 3. The highest BCUT2D eigenvalue weighted by molar-refractivity contribution is 6.34. The molecule has 0 atom stereocenters. The van der Waals surface area contributed by atoms with Crippen molar-refractivity contribution in [1.29, 1.82) is 0 Å². The largest absolute Gasteiger partial charge is 0.394 e. The molecule has 0 aliphatic rings. The lowest BCUT2D eigenvalue weighted by molar-refractivity contribution is 0.102. The van der Waals surface area contributed by atoms with Gasteiger partial charge in [0.1, 0.15) is 0 Å². The predicted molar refractivity (Wildman–Crippen MR) is 64.9 cm³/mol. The highest BCUT2D eigenvalue weighted by Crippen LogP contribution is 2.20. The topological polar surface area (TPSA) is 96.7 Å². The Morgan fingerprint density at radius 3 is 2.94 bits per heavy atom. The van der Waals surface area contributed by atoms with Gasteiger partial charge < -0.3 is 11.1 Å². The minimum absolute atomic E-state index is 0.274. The second-order valence-electron chi connectivity index (χ2n) is 3.42. The molecular formula is C10H10ClN5O. The fraction of sp³-hybridized carbons (Fsp3) is 0.100. The minimum Gasteiger partial charge on any atom is -0.394 e. The van der Waals surface area contributed by atoms with Crippen LogP contribution >= 0.6 is 11.6 Å². The third kappa shape index (κ3) is 2.21. The Bertz CT molecular complexity index is 566. The number of hydrogen-bond donors (Lipinski definition) is 3. The van der Waals surface area contributed by atoms with E-state index in [0.29, 0.717) is 22.8 Å². The fourth-order valence-electron chi connectivity index (χ4n) is 1.27. The van der Waals surface area contributed by atoms with Crippen molar-refractivity contribution in [2.45, 2.75) is 6.92 Å². The van der Waals surface area contributed by atoms with Crippen molar-refractivity contribution in [3.05, 3.63) is 34.7 Å². The quantitative estimate of drug-likeness (QED) is 0.755. The molecule has 88 valence electrons. The fourth-order valence-corrected chi connectivity index (χ4v) is 1.47. The van der Waals surface area contributed by atoms with E-state index in [9.17, 15) is 4.79 Å². The van der Waals surface area contributed by atoms with Crippen molar-refractivity contribution in [2.24, 2.45) is 0 Å². The lowest BCUT2D eigenvalue weighted by atomic mass is 10.2. The second-order valence-corrected chi connectivity index (χ2v) is 3.83. The first kappa shape index (κ1) is 11.4. The van der Waals surface area contributed by atoms with Crippen LogP contribution < -0.4 is 11.1 Å². The summed E-state index contributed by atoms with van der Waals surface area (Å²) in [6.07, 6.45) is 2.88. The zero-order valence-electron chi connectivity index (χ0n) is 8.99. The molecule has 17 heavy (non-hydrogen) atoms. The predicted octanol–water partition coefficient (Wildman–Crippen LogP) is 1.60. The number of hydrogen-bond acceptors (Lipinski definition) is 4. The number of pyridine rings is 1.